The van der Waals surface area contributed by atoms with E-state index in [1.807, 2.05) is 30.6 Å². The Hall–Kier alpha value is -1.50. The quantitative estimate of drug-likeness (QED) is 0.423. The third-order valence-electron chi connectivity index (χ3n) is 3.03. The monoisotopic (exact) mass is 345 g/mol. The largest absolute Gasteiger partial charge is 0.435 e. The average Bonchev–Trinajstić information content (AvgIpc) is 2.51. The van der Waals surface area contributed by atoms with Crippen LogP contribution in [0.15, 0.2) is 29.3 Å². The van der Waals surface area contributed by atoms with E-state index in [4.69, 9.17) is 0 Å². The van der Waals surface area contributed by atoms with Crippen molar-refractivity contribution >= 4 is 17.7 Å². The van der Waals surface area contributed by atoms with Crippen LogP contribution in [0.1, 0.15) is 18.9 Å². The van der Waals surface area contributed by atoms with E-state index in [-0.39, 0.29) is 5.75 Å². The first-order chi connectivity index (χ1) is 11.1. The number of hydrogen-bond donors (Lipinski definition) is 1. The first-order valence-electron chi connectivity index (χ1n) is 7.59. The molecule has 0 fully saturated rings. The highest BCUT2D eigenvalue weighted by Crippen LogP contribution is 2.15. The van der Waals surface area contributed by atoms with Gasteiger partial charge in [-0.3, -0.25) is 4.99 Å². The molecular weight excluding hydrogens is 320 g/mol. The number of guanidine groups is 1. The molecule has 0 aliphatic rings. The Bertz CT molecular complexity index is 469. The van der Waals surface area contributed by atoms with Crippen LogP contribution in [0.25, 0.3) is 0 Å². The molecule has 1 N–H and O–H groups in total. The van der Waals surface area contributed by atoms with Crippen LogP contribution in [-0.4, -0.2) is 49.6 Å². The third kappa shape index (κ3) is 8.06. The number of aliphatic imine (C=N–C) groups is 1. The smallest absolute Gasteiger partial charge is 0.387 e. The van der Waals surface area contributed by atoms with E-state index in [1.54, 1.807) is 24.3 Å². The van der Waals surface area contributed by atoms with Gasteiger partial charge in [-0.05, 0) is 43.0 Å². The zero-order chi connectivity index (χ0) is 17.1. The Morgan fingerprint density at radius 1 is 1.35 bits per heavy atom. The molecule has 1 aromatic carbocycles. The summed E-state index contributed by atoms with van der Waals surface area (Å²) in [5, 5.41) is 3.26. The minimum absolute atomic E-state index is 0.170. The van der Waals surface area contributed by atoms with Gasteiger partial charge in [0, 0.05) is 26.7 Å². The molecule has 0 aromatic heterocycles. The van der Waals surface area contributed by atoms with Crippen molar-refractivity contribution in [2.24, 2.45) is 4.99 Å². The third-order valence-corrected chi connectivity index (χ3v) is 3.73. The van der Waals surface area contributed by atoms with Crippen LogP contribution in [0.2, 0.25) is 0 Å². The van der Waals surface area contributed by atoms with Crippen LogP contribution in [0, 0.1) is 0 Å². The second-order valence-corrected chi connectivity index (χ2v) is 5.95. The van der Waals surface area contributed by atoms with Crippen molar-refractivity contribution < 1.29 is 13.5 Å². The minimum atomic E-state index is -2.79. The number of rotatable bonds is 9. The number of hydrogen-bond acceptors (Lipinski definition) is 3. The van der Waals surface area contributed by atoms with Gasteiger partial charge in [0.2, 0.25) is 0 Å². The van der Waals surface area contributed by atoms with Gasteiger partial charge in [-0.1, -0.05) is 12.1 Å². The molecule has 4 nitrogen and oxygen atoms in total. The molecule has 0 spiro atoms. The van der Waals surface area contributed by atoms with Crippen molar-refractivity contribution in [3.8, 4) is 5.75 Å². The molecule has 0 amide bonds. The molecule has 23 heavy (non-hydrogen) atoms. The van der Waals surface area contributed by atoms with Crippen LogP contribution < -0.4 is 10.1 Å². The van der Waals surface area contributed by atoms with E-state index in [0.29, 0.717) is 6.54 Å². The first-order valence-corrected chi connectivity index (χ1v) is 8.98. The normalized spacial score (nSPS) is 11.7. The van der Waals surface area contributed by atoms with E-state index >= 15 is 0 Å². The Morgan fingerprint density at radius 2 is 2.04 bits per heavy atom. The lowest BCUT2D eigenvalue weighted by Crippen LogP contribution is -2.38. The summed E-state index contributed by atoms with van der Waals surface area (Å²) >= 11 is 1.81. The lowest BCUT2D eigenvalue weighted by molar-refractivity contribution is -0.0498. The fourth-order valence-corrected chi connectivity index (χ4v) is 2.41. The second-order valence-electron chi connectivity index (χ2n) is 4.96. The van der Waals surface area contributed by atoms with E-state index < -0.39 is 6.61 Å². The highest BCUT2D eigenvalue weighted by Gasteiger charge is 2.08. The number of ether oxygens (including phenoxy) is 1. The molecule has 1 rings (SSSR count). The summed E-state index contributed by atoms with van der Waals surface area (Å²) < 4.78 is 28.6. The maximum Gasteiger partial charge on any atom is 0.387 e. The fourth-order valence-electron chi connectivity index (χ4n) is 1.99. The summed E-state index contributed by atoms with van der Waals surface area (Å²) in [5.41, 5.74) is 1.00. The zero-order valence-electron chi connectivity index (χ0n) is 13.9. The van der Waals surface area contributed by atoms with E-state index in [0.717, 1.165) is 36.8 Å². The molecule has 130 valence electrons. The molecule has 0 radical (unpaired) electrons. The highest BCUT2D eigenvalue weighted by molar-refractivity contribution is 7.98. The topological polar surface area (TPSA) is 36.9 Å². The maximum absolute atomic E-state index is 12.1. The standard InChI is InChI=1S/C16H25F2N3OS/c1-4-19-16(20-10-5-11-23-3)21(2)12-13-6-8-14(9-7-13)22-15(17)18/h6-9,15H,4-5,10-12H2,1-3H3,(H,19,20). The first kappa shape index (κ1) is 19.5. The second kappa shape index (κ2) is 11.1. The number of halogens is 2. The molecule has 0 unspecified atom stereocenters. The molecule has 0 atom stereocenters. The molecule has 0 heterocycles. The van der Waals surface area contributed by atoms with Gasteiger partial charge >= 0.3 is 6.61 Å². The lowest BCUT2D eigenvalue weighted by atomic mass is 10.2. The maximum atomic E-state index is 12.1. The summed E-state index contributed by atoms with van der Waals surface area (Å²) in [4.78, 5) is 6.62. The Kier molecular flexibility index (Phi) is 9.43. The van der Waals surface area contributed by atoms with Crippen molar-refractivity contribution in [3.63, 3.8) is 0 Å². The van der Waals surface area contributed by atoms with Crippen molar-refractivity contribution in [1.82, 2.24) is 10.2 Å². The van der Waals surface area contributed by atoms with Gasteiger partial charge in [-0.15, -0.1) is 0 Å². The molecule has 0 saturated heterocycles. The van der Waals surface area contributed by atoms with Gasteiger partial charge in [0.25, 0.3) is 0 Å². The Labute approximate surface area is 141 Å². The van der Waals surface area contributed by atoms with Gasteiger partial charge in [0.15, 0.2) is 5.96 Å². The van der Waals surface area contributed by atoms with Gasteiger partial charge in [-0.2, -0.15) is 20.5 Å². The summed E-state index contributed by atoms with van der Waals surface area (Å²) in [6.07, 6.45) is 3.13. The van der Waals surface area contributed by atoms with E-state index in [1.165, 1.54) is 0 Å². The molecule has 1 aromatic rings. The average molecular weight is 345 g/mol. The number of benzene rings is 1. The summed E-state index contributed by atoms with van der Waals surface area (Å²) in [6, 6.07) is 6.67. The van der Waals surface area contributed by atoms with Crippen molar-refractivity contribution in [3.05, 3.63) is 29.8 Å². The predicted octanol–water partition coefficient (Wildman–Crippen LogP) is 3.44. The number of nitrogens with one attached hydrogen (secondary N) is 1. The fraction of sp³-hybridized carbons (Fsp3) is 0.562. The summed E-state index contributed by atoms with van der Waals surface area (Å²) in [7, 11) is 1.96. The SMILES string of the molecule is CCNC(=NCCCSC)N(C)Cc1ccc(OC(F)F)cc1. The number of thioether (sulfide) groups is 1. The van der Waals surface area contributed by atoms with Crippen LogP contribution in [0.4, 0.5) is 8.78 Å². The van der Waals surface area contributed by atoms with Crippen molar-refractivity contribution in [2.45, 2.75) is 26.5 Å². The molecular formula is C16H25F2N3OS. The number of alkyl halides is 2. The lowest BCUT2D eigenvalue weighted by Gasteiger charge is -2.22. The number of nitrogens with zero attached hydrogens (tertiary/aromatic N) is 2. The van der Waals surface area contributed by atoms with Gasteiger partial charge in [-0.25, -0.2) is 0 Å². The van der Waals surface area contributed by atoms with Gasteiger partial charge < -0.3 is 15.0 Å². The Balaban J connectivity index is 2.60. The van der Waals surface area contributed by atoms with Gasteiger partial charge in [0.1, 0.15) is 5.75 Å². The summed E-state index contributed by atoms with van der Waals surface area (Å²) in [5.74, 6) is 2.11. The van der Waals surface area contributed by atoms with Crippen LogP contribution in [0.3, 0.4) is 0 Å². The zero-order valence-corrected chi connectivity index (χ0v) is 14.7. The molecule has 0 bridgehead atoms. The van der Waals surface area contributed by atoms with Crippen molar-refractivity contribution in [2.75, 3.05) is 32.1 Å². The highest BCUT2D eigenvalue weighted by atomic mass is 32.2. The molecule has 7 heteroatoms. The molecule has 0 saturated carbocycles. The van der Waals surface area contributed by atoms with Crippen molar-refractivity contribution in [1.29, 1.82) is 0 Å². The Morgan fingerprint density at radius 3 is 2.61 bits per heavy atom. The summed E-state index contributed by atoms with van der Waals surface area (Å²) in [6.45, 7) is 1.46. The predicted molar refractivity (Wildman–Crippen MR) is 93.5 cm³/mol. The molecule has 0 aliphatic heterocycles. The van der Waals surface area contributed by atoms with Crippen LogP contribution in [-0.2, 0) is 6.54 Å². The van der Waals surface area contributed by atoms with E-state index in [2.05, 4.69) is 21.3 Å². The van der Waals surface area contributed by atoms with Crippen LogP contribution >= 0.6 is 11.8 Å². The molecule has 0 aliphatic carbocycles. The minimum Gasteiger partial charge on any atom is -0.435 e. The van der Waals surface area contributed by atoms with Gasteiger partial charge in [0.05, 0.1) is 0 Å². The van der Waals surface area contributed by atoms with Crippen LogP contribution in [0.5, 0.6) is 5.75 Å². The van der Waals surface area contributed by atoms with E-state index in [9.17, 15) is 8.78 Å².